The molecular weight excluding hydrogens is 302 g/mol. The van der Waals surface area contributed by atoms with Crippen molar-refractivity contribution < 1.29 is 0 Å². The second-order valence-electron chi connectivity index (χ2n) is 3.38. The SMILES string of the molecule is Brc1cn2c(CNc3nccs3)cnc2cn1. The van der Waals surface area contributed by atoms with Crippen molar-refractivity contribution in [2.45, 2.75) is 6.54 Å². The molecule has 86 valence electrons. The summed E-state index contributed by atoms with van der Waals surface area (Å²) in [6.45, 7) is 0.686. The zero-order valence-electron chi connectivity index (χ0n) is 8.67. The molecule has 0 saturated heterocycles. The Labute approximate surface area is 110 Å². The molecule has 1 N–H and O–H groups in total. The maximum Gasteiger partial charge on any atom is 0.182 e. The topological polar surface area (TPSA) is 55.1 Å². The maximum atomic E-state index is 4.28. The van der Waals surface area contributed by atoms with Gasteiger partial charge in [-0.3, -0.25) is 4.40 Å². The van der Waals surface area contributed by atoms with E-state index in [0.717, 1.165) is 21.1 Å². The molecule has 0 aromatic carbocycles. The minimum Gasteiger partial charge on any atom is -0.356 e. The molecule has 0 bridgehead atoms. The molecule has 0 fully saturated rings. The molecule has 3 aromatic rings. The Morgan fingerprint density at radius 3 is 3.06 bits per heavy atom. The van der Waals surface area contributed by atoms with Crippen molar-refractivity contribution in [3.05, 3.63) is 40.5 Å². The Morgan fingerprint density at radius 1 is 1.29 bits per heavy atom. The van der Waals surface area contributed by atoms with Crippen LogP contribution in [0.25, 0.3) is 5.65 Å². The van der Waals surface area contributed by atoms with Crippen molar-refractivity contribution >= 4 is 38.0 Å². The molecule has 3 rings (SSSR count). The van der Waals surface area contributed by atoms with Gasteiger partial charge in [-0.2, -0.15) is 0 Å². The van der Waals surface area contributed by atoms with Gasteiger partial charge in [-0.15, -0.1) is 11.3 Å². The van der Waals surface area contributed by atoms with Crippen LogP contribution in [0.1, 0.15) is 5.69 Å². The summed E-state index contributed by atoms with van der Waals surface area (Å²) in [6.07, 6.45) is 7.25. The Bertz CT molecular complexity index is 633. The van der Waals surface area contributed by atoms with Crippen LogP contribution in [0.5, 0.6) is 0 Å². The van der Waals surface area contributed by atoms with E-state index in [1.54, 1.807) is 23.7 Å². The van der Waals surface area contributed by atoms with Crippen LogP contribution in [0.4, 0.5) is 5.13 Å². The molecule has 17 heavy (non-hydrogen) atoms. The minimum atomic E-state index is 0.686. The number of hydrogen-bond acceptors (Lipinski definition) is 5. The third-order valence-electron chi connectivity index (χ3n) is 2.29. The smallest absolute Gasteiger partial charge is 0.182 e. The van der Waals surface area contributed by atoms with Crippen LogP contribution >= 0.6 is 27.3 Å². The Morgan fingerprint density at radius 2 is 2.24 bits per heavy atom. The molecule has 3 heterocycles. The van der Waals surface area contributed by atoms with E-state index in [1.807, 2.05) is 22.2 Å². The van der Waals surface area contributed by atoms with Crippen molar-refractivity contribution in [3.8, 4) is 0 Å². The van der Waals surface area contributed by atoms with Crippen LogP contribution in [0.3, 0.4) is 0 Å². The third kappa shape index (κ3) is 2.16. The maximum absolute atomic E-state index is 4.28. The Balaban J connectivity index is 1.87. The first-order valence-corrected chi connectivity index (χ1v) is 6.61. The van der Waals surface area contributed by atoms with Gasteiger partial charge in [0, 0.05) is 17.8 Å². The van der Waals surface area contributed by atoms with Gasteiger partial charge in [0.05, 0.1) is 24.6 Å². The van der Waals surface area contributed by atoms with Gasteiger partial charge in [0.1, 0.15) is 4.60 Å². The van der Waals surface area contributed by atoms with Crippen molar-refractivity contribution in [1.82, 2.24) is 19.4 Å². The predicted molar refractivity (Wildman–Crippen MR) is 70.1 cm³/mol. The van der Waals surface area contributed by atoms with E-state index in [-0.39, 0.29) is 0 Å². The first kappa shape index (κ1) is 10.7. The summed E-state index contributed by atoms with van der Waals surface area (Å²) in [4.78, 5) is 12.6. The summed E-state index contributed by atoms with van der Waals surface area (Å²) in [5.74, 6) is 0. The Hall–Kier alpha value is -1.47. The fourth-order valence-electron chi connectivity index (χ4n) is 1.52. The second kappa shape index (κ2) is 4.42. The van der Waals surface area contributed by atoms with Crippen LogP contribution < -0.4 is 5.32 Å². The first-order valence-electron chi connectivity index (χ1n) is 4.94. The molecule has 0 atom stereocenters. The molecule has 5 nitrogen and oxygen atoms in total. The summed E-state index contributed by atoms with van der Waals surface area (Å²) in [6, 6.07) is 0. The number of rotatable bonds is 3. The van der Waals surface area contributed by atoms with Gasteiger partial charge in [-0.05, 0) is 15.9 Å². The largest absolute Gasteiger partial charge is 0.356 e. The monoisotopic (exact) mass is 309 g/mol. The van der Waals surface area contributed by atoms with Gasteiger partial charge in [0.2, 0.25) is 0 Å². The lowest BCUT2D eigenvalue weighted by atomic mass is 10.4. The number of aromatic nitrogens is 4. The quantitative estimate of drug-likeness (QED) is 0.808. The van der Waals surface area contributed by atoms with Gasteiger partial charge in [0.25, 0.3) is 0 Å². The van der Waals surface area contributed by atoms with Crippen LogP contribution in [0.2, 0.25) is 0 Å². The molecule has 0 unspecified atom stereocenters. The molecule has 0 saturated carbocycles. The van der Waals surface area contributed by atoms with E-state index in [9.17, 15) is 0 Å². The predicted octanol–water partition coefficient (Wildman–Crippen LogP) is 2.56. The van der Waals surface area contributed by atoms with E-state index in [4.69, 9.17) is 0 Å². The highest BCUT2D eigenvalue weighted by Gasteiger charge is 2.04. The molecule has 0 radical (unpaired) electrons. The molecule has 0 aliphatic carbocycles. The summed E-state index contributed by atoms with van der Waals surface area (Å²) < 4.78 is 2.79. The molecular formula is C10H8BrN5S. The number of nitrogens with one attached hydrogen (secondary N) is 1. The minimum absolute atomic E-state index is 0.686. The summed E-state index contributed by atoms with van der Waals surface area (Å²) in [5, 5.41) is 6.10. The number of halogens is 1. The molecule has 0 spiro atoms. The molecule has 0 amide bonds. The van der Waals surface area contributed by atoms with Gasteiger partial charge in [0.15, 0.2) is 10.8 Å². The lowest BCUT2D eigenvalue weighted by molar-refractivity contribution is 0.981. The fraction of sp³-hybridized carbons (Fsp3) is 0.100. The normalized spacial score (nSPS) is 10.9. The highest BCUT2D eigenvalue weighted by Crippen LogP contribution is 2.14. The van der Waals surface area contributed by atoms with Gasteiger partial charge < -0.3 is 5.32 Å². The number of anilines is 1. The van der Waals surface area contributed by atoms with E-state index >= 15 is 0 Å². The highest BCUT2D eigenvalue weighted by molar-refractivity contribution is 9.10. The van der Waals surface area contributed by atoms with E-state index in [0.29, 0.717) is 6.54 Å². The number of nitrogens with zero attached hydrogens (tertiary/aromatic N) is 4. The van der Waals surface area contributed by atoms with Crippen molar-refractivity contribution in [2.75, 3.05) is 5.32 Å². The standard InChI is InChI=1S/C10H8BrN5S/c11-8-6-16-7(3-14-9(16)5-13-8)4-15-10-12-1-2-17-10/h1-3,5-6H,4H2,(H,12,15). The van der Waals surface area contributed by atoms with Gasteiger partial charge >= 0.3 is 0 Å². The highest BCUT2D eigenvalue weighted by atomic mass is 79.9. The molecule has 0 aliphatic rings. The van der Waals surface area contributed by atoms with Crippen LogP contribution in [0, 0.1) is 0 Å². The summed E-state index contributed by atoms with van der Waals surface area (Å²) in [5.41, 5.74) is 1.91. The van der Waals surface area contributed by atoms with Gasteiger partial charge in [-0.25, -0.2) is 15.0 Å². The molecule has 3 aromatic heterocycles. The zero-order valence-corrected chi connectivity index (χ0v) is 11.1. The lowest BCUT2D eigenvalue weighted by Crippen LogP contribution is -2.02. The summed E-state index contributed by atoms with van der Waals surface area (Å²) >= 11 is 4.93. The van der Waals surface area contributed by atoms with Crippen LogP contribution in [0.15, 0.2) is 34.8 Å². The van der Waals surface area contributed by atoms with Gasteiger partial charge in [-0.1, -0.05) is 0 Å². The van der Waals surface area contributed by atoms with E-state index < -0.39 is 0 Å². The first-order chi connectivity index (χ1) is 8.33. The number of fused-ring (bicyclic) bond motifs is 1. The Kier molecular flexibility index (Phi) is 2.77. The lowest BCUT2D eigenvalue weighted by Gasteiger charge is -2.02. The van der Waals surface area contributed by atoms with Crippen molar-refractivity contribution in [3.63, 3.8) is 0 Å². The average molecular weight is 310 g/mol. The second-order valence-corrected chi connectivity index (χ2v) is 5.09. The summed E-state index contributed by atoms with van der Waals surface area (Å²) in [7, 11) is 0. The van der Waals surface area contributed by atoms with E-state index in [2.05, 4.69) is 36.2 Å². The number of hydrogen-bond donors (Lipinski definition) is 1. The van der Waals surface area contributed by atoms with Crippen LogP contribution in [-0.2, 0) is 6.54 Å². The van der Waals surface area contributed by atoms with Crippen molar-refractivity contribution in [2.24, 2.45) is 0 Å². The zero-order chi connectivity index (χ0) is 11.7. The van der Waals surface area contributed by atoms with Crippen LogP contribution in [-0.4, -0.2) is 19.4 Å². The number of imidazole rings is 1. The van der Waals surface area contributed by atoms with E-state index in [1.165, 1.54) is 0 Å². The third-order valence-corrected chi connectivity index (χ3v) is 3.43. The fourth-order valence-corrected chi connectivity index (χ4v) is 2.36. The molecule has 7 heteroatoms. The average Bonchev–Trinajstić information content (AvgIpc) is 2.94. The van der Waals surface area contributed by atoms with Crippen molar-refractivity contribution in [1.29, 1.82) is 0 Å². The number of thiazole rings is 1. The molecule has 0 aliphatic heterocycles.